The highest BCUT2D eigenvalue weighted by molar-refractivity contribution is 4.88. The number of aliphatic hydroxyl groups excluding tert-OH is 1. The number of nitrogens with zero attached hydrogens (tertiary/aromatic N) is 1. The van der Waals surface area contributed by atoms with Gasteiger partial charge < -0.3 is 15.3 Å². The van der Waals surface area contributed by atoms with Gasteiger partial charge in [-0.25, -0.2) is 0 Å². The van der Waals surface area contributed by atoms with E-state index in [9.17, 15) is 0 Å². The summed E-state index contributed by atoms with van der Waals surface area (Å²) in [5.74, 6) is 1.67. The molecule has 3 unspecified atom stereocenters. The molecule has 0 bridgehead atoms. The summed E-state index contributed by atoms with van der Waals surface area (Å²) >= 11 is 0. The van der Waals surface area contributed by atoms with Crippen LogP contribution in [0.2, 0.25) is 0 Å². The summed E-state index contributed by atoms with van der Waals surface area (Å²) in [4.78, 5) is 2.57. The molecule has 0 aromatic rings. The van der Waals surface area contributed by atoms with Crippen molar-refractivity contribution in [2.75, 3.05) is 32.8 Å². The topological polar surface area (TPSA) is 35.5 Å². The molecule has 0 aliphatic carbocycles. The fourth-order valence-corrected chi connectivity index (χ4v) is 3.11. The van der Waals surface area contributed by atoms with Crippen molar-refractivity contribution in [1.82, 2.24) is 10.2 Å². The molecule has 0 spiro atoms. The minimum Gasteiger partial charge on any atom is -0.395 e. The fourth-order valence-electron chi connectivity index (χ4n) is 3.11. The molecule has 2 N–H and O–H groups in total. The molecule has 3 heteroatoms. The highest BCUT2D eigenvalue weighted by Crippen LogP contribution is 2.29. The minimum atomic E-state index is 0.306. The Kier molecular flexibility index (Phi) is 4.00. The van der Waals surface area contributed by atoms with Crippen molar-refractivity contribution in [3.63, 3.8) is 0 Å². The number of hydrogen-bond donors (Lipinski definition) is 2. The van der Waals surface area contributed by atoms with Crippen LogP contribution in [0.1, 0.15) is 26.2 Å². The maximum atomic E-state index is 9.11. The first-order chi connectivity index (χ1) is 7.33. The van der Waals surface area contributed by atoms with Crippen molar-refractivity contribution in [2.24, 2.45) is 11.8 Å². The van der Waals surface area contributed by atoms with Gasteiger partial charge in [0.2, 0.25) is 0 Å². The normalized spacial score (nSPS) is 38.4. The summed E-state index contributed by atoms with van der Waals surface area (Å²) in [6.45, 7) is 7.44. The van der Waals surface area contributed by atoms with E-state index in [-0.39, 0.29) is 0 Å². The van der Waals surface area contributed by atoms with E-state index in [1.165, 1.54) is 38.9 Å². The van der Waals surface area contributed by atoms with Gasteiger partial charge in [0.15, 0.2) is 0 Å². The van der Waals surface area contributed by atoms with Crippen molar-refractivity contribution < 1.29 is 5.11 Å². The van der Waals surface area contributed by atoms with E-state index in [1.807, 2.05) is 0 Å². The van der Waals surface area contributed by atoms with Gasteiger partial charge in [-0.2, -0.15) is 0 Å². The van der Waals surface area contributed by atoms with E-state index in [0.717, 1.165) is 18.4 Å². The number of aliphatic hydroxyl groups is 1. The van der Waals surface area contributed by atoms with Crippen LogP contribution in [-0.4, -0.2) is 48.8 Å². The maximum absolute atomic E-state index is 9.11. The minimum absolute atomic E-state index is 0.306. The third-order valence-corrected chi connectivity index (χ3v) is 4.13. The lowest BCUT2D eigenvalue weighted by atomic mass is 9.84. The highest BCUT2D eigenvalue weighted by Gasteiger charge is 2.32. The van der Waals surface area contributed by atoms with Gasteiger partial charge in [-0.05, 0) is 50.7 Å². The van der Waals surface area contributed by atoms with Gasteiger partial charge in [-0.15, -0.1) is 0 Å². The van der Waals surface area contributed by atoms with Gasteiger partial charge >= 0.3 is 0 Å². The van der Waals surface area contributed by atoms with E-state index >= 15 is 0 Å². The molecule has 0 aromatic heterocycles. The second-order valence-electron chi connectivity index (χ2n) is 5.08. The Labute approximate surface area is 92.8 Å². The molecule has 0 saturated carbocycles. The fraction of sp³-hybridized carbons (Fsp3) is 1.00. The Morgan fingerprint density at radius 3 is 2.93 bits per heavy atom. The van der Waals surface area contributed by atoms with Gasteiger partial charge in [-0.1, -0.05) is 6.92 Å². The molecule has 3 atom stereocenters. The van der Waals surface area contributed by atoms with Gasteiger partial charge in [0.05, 0.1) is 6.61 Å². The van der Waals surface area contributed by atoms with Crippen molar-refractivity contribution >= 4 is 0 Å². The van der Waals surface area contributed by atoms with E-state index in [4.69, 9.17) is 5.11 Å². The summed E-state index contributed by atoms with van der Waals surface area (Å²) in [7, 11) is 0. The van der Waals surface area contributed by atoms with Crippen molar-refractivity contribution in [2.45, 2.75) is 32.2 Å². The van der Waals surface area contributed by atoms with Crippen LogP contribution < -0.4 is 5.32 Å². The monoisotopic (exact) mass is 212 g/mol. The second-order valence-corrected chi connectivity index (χ2v) is 5.08. The molecular weight excluding hydrogens is 188 g/mol. The zero-order valence-corrected chi connectivity index (χ0v) is 9.78. The lowest BCUT2D eigenvalue weighted by Crippen LogP contribution is -2.38. The molecule has 0 radical (unpaired) electrons. The molecule has 88 valence electrons. The molecule has 15 heavy (non-hydrogen) atoms. The first kappa shape index (κ1) is 11.4. The van der Waals surface area contributed by atoms with Crippen molar-refractivity contribution in [3.8, 4) is 0 Å². The predicted octanol–water partition coefficient (Wildman–Crippen LogP) is 0.689. The number of hydrogen-bond acceptors (Lipinski definition) is 3. The summed E-state index contributed by atoms with van der Waals surface area (Å²) in [6.07, 6.45) is 3.93. The molecule has 0 aromatic carbocycles. The van der Waals surface area contributed by atoms with E-state index in [2.05, 4.69) is 17.1 Å². The van der Waals surface area contributed by atoms with E-state index < -0.39 is 0 Å². The number of likely N-dealkylation sites (tertiary alicyclic amines) is 1. The largest absolute Gasteiger partial charge is 0.395 e. The molecular formula is C12H24N2O. The Balaban J connectivity index is 1.83. The first-order valence-corrected chi connectivity index (χ1v) is 6.40. The Bertz CT molecular complexity index is 198. The molecule has 2 aliphatic heterocycles. The van der Waals surface area contributed by atoms with E-state index in [0.29, 0.717) is 12.6 Å². The second kappa shape index (κ2) is 5.28. The third-order valence-electron chi connectivity index (χ3n) is 4.13. The average molecular weight is 212 g/mol. The lowest BCUT2D eigenvalue weighted by molar-refractivity contribution is 0.143. The quantitative estimate of drug-likeness (QED) is 0.722. The molecule has 2 saturated heterocycles. The van der Waals surface area contributed by atoms with Crippen molar-refractivity contribution in [3.05, 3.63) is 0 Å². The third kappa shape index (κ3) is 2.71. The molecule has 2 fully saturated rings. The molecule has 2 rings (SSSR count). The summed E-state index contributed by atoms with van der Waals surface area (Å²) in [6, 6.07) is 0.368. The van der Waals surface area contributed by atoms with Crippen LogP contribution in [0.25, 0.3) is 0 Å². The summed E-state index contributed by atoms with van der Waals surface area (Å²) < 4.78 is 0. The van der Waals surface area contributed by atoms with Gasteiger partial charge in [-0.3, -0.25) is 0 Å². The van der Waals surface area contributed by atoms with Crippen LogP contribution in [0.5, 0.6) is 0 Å². The number of nitrogens with one attached hydrogen (secondary N) is 1. The van der Waals surface area contributed by atoms with Crippen LogP contribution in [0.3, 0.4) is 0 Å². The molecule has 3 nitrogen and oxygen atoms in total. The smallest absolute Gasteiger partial charge is 0.0584 e. The summed E-state index contributed by atoms with van der Waals surface area (Å²) in [5.41, 5.74) is 0. The number of piperidine rings is 1. The van der Waals surface area contributed by atoms with Gasteiger partial charge in [0.1, 0.15) is 0 Å². The Hall–Kier alpha value is -0.120. The van der Waals surface area contributed by atoms with E-state index in [1.54, 1.807) is 0 Å². The SMILES string of the molecule is CCN1CCCC(C2CNC(CO)C2)C1. The van der Waals surface area contributed by atoms with Crippen LogP contribution in [0.15, 0.2) is 0 Å². The van der Waals surface area contributed by atoms with Crippen LogP contribution in [-0.2, 0) is 0 Å². The van der Waals surface area contributed by atoms with Crippen molar-refractivity contribution in [1.29, 1.82) is 0 Å². The highest BCUT2D eigenvalue weighted by atomic mass is 16.3. The van der Waals surface area contributed by atoms with Crippen LogP contribution in [0, 0.1) is 11.8 Å². The Morgan fingerprint density at radius 2 is 2.27 bits per heavy atom. The summed E-state index contributed by atoms with van der Waals surface area (Å²) in [5, 5.41) is 12.5. The molecule has 0 amide bonds. The zero-order valence-electron chi connectivity index (χ0n) is 9.78. The number of rotatable bonds is 3. The van der Waals surface area contributed by atoms with Gasteiger partial charge in [0.25, 0.3) is 0 Å². The van der Waals surface area contributed by atoms with Gasteiger partial charge in [0, 0.05) is 12.6 Å². The predicted molar refractivity (Wildman–Crippen MR) is 61.8 cm³/mol. The van der Waals surface area contributed by atoms with Crippen LogP contribution >= 0.6 is 0 Å². The molecule has 2 heterocycles. The standard InChI is InChI=1S/C12H24N2O/c1-2-14-5-3-4-10(8-14)11-6-12(9-15)13-7-11/h10-13,15H,2-9H2,1H3. The maximum Gasteiger partial charge on any atom is 0.0584 e. The first-order valence-electron chi connectivity index (χ1n) is 6.40. The average Bonchev–Trinajstić information content (AvgIpc) is 2.78. The zero-order chi connectivity index (χ0) is 10.7. The lowest BCUT2D eigenvalue weighted by Gasteiger charge is -2.34. The van der Waals surface area contributed by atoms with Crippen LogP contribution in [0.4, 0.5) is 0 Å². The molecule has 2 aliphatic rings. The Morgan fingerprint density at radius 1 is 1.40 bits per heavy atom.